The van der Waals surface area contributed by atoms with E-state index in [4.69, 9.17) is 4.74 Å². The maximum absolute atomic E-state index is 13.4. The molecule has 14 heavy (non-hydrogen) atoms. The normalized spacial score (nSPS) is 9.36. The molecule has 0 saturated carbocycles. The van der Waals surface area contributed by atoms with Gasteiger partial charge in [0.2, 0.25) is 6.08 Å². The van der Waals surface area contributed by atoms with Crippen LogP contribution in [0, 0.1) is 12.7 Å². The Bertz CT molecular complexity index is 384. The fourth-order valence-electron chi connectivity index (χ4n) is 1.19. The van der Waals surface area contributed by atoms with Gasteiger partial charge in [-0.25, -0.2) is 14.2 Å². The highest BCUT2D eigenvalue weighted by molar-refractivity contribution is 5.40. The second-order valence-electron chi connectivity index (χ2n) is 2.84. The first-order chi connectivity index (χ1) is 6.69. The van der Waals surface area contributed by atoms with E-state index in [9.17, 15) is 9.18 Å². The summed E-state index contributed by atoms with van der Waals surface area (Å²) in [5.41, 5.74) is 1.04. The average molecular weight is 195 g/mol. The van der Waals surface area contributed by atoms with E-state index in [-0.39, 0.29) is 12.1 Å². The van der Waals surface area contributed by atoms with Crippen molar-refractivity contribution in [3.8, 4) is 5.75 Å². The van der Waals surface area contributed by atoms with Crippen LogP contribution in [0.4, 0.5) is 4.39 Å². The van der Waals surface area contributed by atoms with Crippen LogP contribution in [-0.2, 0) is 11.3 Å². The highest BCUT2D eigenvalue weighted by Crippen LogP contribution is 2.24. The van der Waals surface area contributed by atoms with Crippen LogP contribution in [0.25, 0.3) is 0 Å². The van der Waals surface area contributed by atoms with E-state index in [0.717, 1.165) is 5.56 Å². The Hall–Kier alpha value is -1.67. The molecule has 0 spiro atoms. The van der Waals surface area contributed by atoms with Crippen molar-refractivity contribution >= 4 is 6.08 Å². The topological polar surface area (TPSA) is 38.7 Å². The van der Waals surface area contributed by atoms with Crippen LogP contribution in [0.2, 0.25) is 0 Å². The Morgan fingerprint density at radius 1 is 1.57 bits per heavy atom. The molecule has 1 aromatic carbocycles. The molecule has 0 aliphatic heterocycles. The minimum Gasteiger partial charge on any atom is -0.496 e. The van der Waals surface area contributed by atoms with Gasteiger partial charge >= 0.3 is 0 Å². The molecule has 1 aromatic rings. The van der Waals surface area contributed by atoms with Gasteiger partial charge in [0, 0.05) is 0 Å². The molecule has 0 radical (unpaired) electrons. The zero-order chi connectivity index (χ0) is 10.6. The number of halogens is 1. The molecule has 0 aliphatic rings. The number of aliphatic imine (C=N–C) groups is 1. The molecule has 0 bridgehead atoms. The molecule has 74 valence electrons. The van der Waals surface area contributed by atoms with Crippen LogP contribution in [0.1, 0.15) is 11.1 Å². The predicted octanol–water partition coefficient (Wildman–Crippen LogP) is 1.98. The van der Waals surface area contributed by atoms with E-state index < -0.39 is 5.82 Å². The average Bonchev–Trinajstić information content (AvgIpc) is 2.15. The van der Waals surface area contributed by atoms with Gasteiger partial charge in [-0.05, 0) is 24.6 Å². The molecule has 0 unspecified atom stereocenters. The summed E-state index contributed by atoms with van der Waals surface area (Å²) in [6.45, 7) is 1.72. The van der Waals surface area contributed by atoms with Crippen molar-refractivity contribution in [1.29, 1.82) is 0 Å². The molecule has 1 rings (SSSR count). The summed E-state index contributed by atoms with van der Waals surface area (Å²) in [5.74, 6) is -0.0117. The third-order valence-electron chi connectivity index (χ3n) is 1.82. The number of hydrogen-bond donors (Lipinski definition) is 0. The summed E-state index contributed by atoms with van der Waals surface area (Å²) in [6.07, 6.45) is 1.36. The molecule has 4 heteroatoms. The van der Waals surface area contributed by atoms with Crippen LogP contribution < -0.4 is 4.74 Å². The second-order valence-corrected chi connectivity index (χ2v) is 2.84. The Morgan fingerprint density at radius 2 is 2.29 bits per heavy atom. The van der Waals surface area contributed by atoms with Gasteiger partial charge in [-0.2, -0.15) is 0 Å². The second kappa shape index (κ2) is 4.53. The first-order valence-electron chi connectivity index (χ1n) is 4.05. The molecule has 0 saturated heterocycles. The molecule has 0 heterocycles. The molecular weight excluding hydrogens is 185 g/mol. The van der Waals surface area contributed by atoms with Crippen LogP contribution in [0.5, 0.6) is 5.75 Å². The van der Waals surface area contributed by atoms with E-state index in [2.05, 4.69) is 4.99 Å². The number of benzene rings is 1. The summed E-state index contributed by atoms with van der Waals surface area (Å²) >= 11 is 0. The highest BCUT2D eigenvalue weighted by atomic mass is 19.1. The quantitative estimate of drug-likeness (QED) is 0.546. The lowest BCUT2D eigenvalue weighted by atomic mass is 10.1. The number of rotatable bonds is 3. The maximum atomic E-state index is 13.4. The van der Waals surface area contributed by atoms with Crippen LogP contribution in [0.3, 0.4) is 0 Å². The van der Waals surface area contributed by atoms with Crippen molar-refractivity contribution in [2.24, 2.45) is 4.99 Å². The SMILES string of the molecule is COc1cc(C)cc(F)c1CN=C=O. The highest BCUT2D eigenvalue weighted by Gasteiger charge is 2.09. The molecule has 3 nitrogen and oxygen atoms in total. The number of carbonyl (C=O) groups excluding carboxylic acids is 1. The Labute approximate surface area is 81.2 Å². The Morgan fingerprint density at radius 3 is 2.86 bits per heavy atom. The van der Waals surface area contributed by atoms with E-state index >= 15 is 0 Å². The van der Waals surface area contributed by atoms with Gasteiger partial charge < -0.3 is 4.74 Å². The van der Waals surface area contributed by atoms with Crippen molar-refractivity contribution in [2.45, 2.75) is 13.5 Å². The molecule has 0 N–H and O–H groups in total. The van der Waals surface area contributed by atoms with Crippen LogP contribution in [0.15, 0.2) is 17.1 Å². The van der Waals surface area contributed by atoms with E-state index in [0.29, 0.717) is 5.75 Å². The number of ether oxygens (including phenoxy) is 1. The number of nitrogens with zero attached hydrogens (tertiary/aromatic N) is 1. The standard InChI is InChI=1S/C10H10FNO2/c1-7-3-9(11)8(5-12-6-13)10(4-7)14-2/h3-4H,5H2,1-2H3. The Kier molecular flexibility index (Phi) is 3.37. The van der Waals surface area contributed by atoms with Gasteiger partial charge in [0.1, 0.15) is 11.6 Å². The maximum Gasteiger partial charge on any atom is 0.235 e. The van der Waals surface area contributed by atoms with Crippen molar-refractivity contribution in [1.82, 2.24) is 0 Å². The van der Waals surface area contributed by atoms with Gasteiger partial charge in [-0.15, -0.1) is 0 Å². The summed E-state index contributed by atoms with van der Waals surface area (Å²) in [5, 5.41) is 0. The van der Waals surface area contributed by atoms with Crippen molar-refractivity contribution in [2.75, 3.05) is 7.11 Å². The molecule has 0 aliphatic carbocycles. The Balaban J connectivity index is 3.17. The number of methoxy groups -OCH3 is 1. The van der Waals surface area contributed by atoms with Gasteiger partial charge in [0.25, 0.3) is 0 Å². The zero-order valence-electron chi connectivity index (χ0n) is 8.00. The molecule has 0 aromatic heterocycles. The fourth-order valence-corrected chi connectivity index (χ4v) is 1.19. The predicted molar refractivity (Wildman–Crippen MR) is 49.5 cm³/mol. The zero-order valence-corrected chi connectivity index (χ0v) is 8.00. The molecule has 0 amide bonds. The van der Waals surface area contributed by atoms with Crippen LogP contribution >= 0.6 is 0 Å². The smallest absolute Gasteiger partial charge is 0.235 e. The third kappa shape index (κ3) is 2.18. The first kappa shape index (κ1) is 10.4. The summed E-state index contributed by atoms with van der Waals surface area (Å²) in [6, 6.07) is 3.07. The van der Waals surface area contributed by atoms with Crippen LogP contribution in [-0.4, -0.2) is 13.2 Å². The summed E-state index contributed by atoms with van der Waals surface area (Å²) in [7, 11) is 1.45. The number of aryl methyl sites for hydroxylation is 1. The molecule has 0 fully saturated rings. The van der Waals surface area contributed by atoms with E-state index in [1.54, 1.807) is 13.0 Å². The van der Waals surface area contributed by atoms with Crippen molar-refractivity contribution in [3.63, 3.8) is 0 Å². The minimum atomic E-state index is -0.416. The van der Waals surface area contributed by atoms with Crippen molar-refractivity contribution < 1.29 is 13.9 Å². The largest absolute Gasteiger partial charge is 0.496 e. The van der Waals surface area contributed by atoms with E-state index in [1.165, 1.54) is 19.3 Å². The molecule has 0 atom stereocenters. The van der Waals surface area contributed by atoms with E-state index in [1.807, 2.05) is 0 Å². The van der Waals surface area contributed by atoms with Crippen molar-refractivity contribution in [3.05, 3.63) is 29.1 Å². The minimum absolute atomic E-state index is 0.0429. The summed E-state index contributed by atoms with van der Waals surface area (Å²) in [4.78, 5) is 13.2. The summed E-state index contributed by atoms with van der Waals surface area (Å²) < 4.78 is 18.3. The lowest BCUT2D eigenvalue weighted by molar-refractivity contribution is 0.404. The third-order valence-corrected chi connectivity index (χ3v) is 1.82. The van der Waals surface area contributed by atoms with Gasteiger partial charge in [-0.1, -0.05) is 0 Å². The number of hydrogen-bond acceptors (Lipinski definition) is 3. The number of isocyanates is 1. The van der Waals surface area contributed by atoms with Gasteiger partial charge in [-0.3, -0.25) is 0 Å². The monoisotopic (exact) mass is 195 g/mol. The lowest BCUT2D eigenvalue weighted by Crippen LogP contribution is -1.96. The van der Waals surface area contributed by atoms with Gasteiger partial charge in [0.15, 0.2) is 0 Å². The fraction of sp³-hybridized carbons (Fsp3) is 0.300. The first-order valence-corrected chi connectivity index (χ1v) is 4.05. The molecular formula is C10H10FNO2. The lowest BCUT2D eigenvalue weighted by Gasteiger charge is -2.07. The van der Waals surface area contributed by atoms with Gasteiger partial charge in [0.05, 0.1) is 19.2 Å².